The van der Waals surface area contributed by atoms with Crippen molar-refractivity contribution in [1.29, 1.82) is 5.26 Å². The minimum Gasteiger partial charge on any atom is -0.325 e. The Labute approximate surface area is 144 Å². The van der Waals surface area contributed by atoms with E-state index in [-0.39, 0.29) is 0 Å². The fourth-order valence-corrected chi connectivity index (χ4v) is 2.59. The Morgan fingerprint density at radius 1 is 1.38 bits per heavy atom. The maximum Gasteiger partial charge on any atom is 0.249 e. The van der Waals surface area contributed by atoms with Gasteiger partial charge in [-0.3, -0.25) is 9.59 Å². The molecule has 0 saturated carbocycles. The van der Waals surface area contributed by atoms with Crippen LogP contribution in [0.25, 0.3) is 6.08 Å². The summed E-state index contributed by atoms with van der Waals surface area (Å²) in [5.74, 6) is -2.58. The first kappa shape index (κ1) is 17.6. The Morgan fingerprint density at radius 2 is 2.08 bits per heavy atom. The summed E-state index contributed by atoms with van der Waals surface area (Å²) in [5, 5.41) is 14.4. The minimum atomic E-state index is -1.38. The molecule has 0 saturated heterocycles. The van der Waals surface area contributed by atoms with Crippen molar-refractivity contribution in [2.45, 2.75) is 20.3 Å². The van der Waals surface area contributed by atoms with Gasteiger partial charge < -0.3 is 5.32 Å². The molecule has 0 fully saturated rings. The first-order chi connectivity index (χ1) is 11.5. The van der Waals surface area contributed by atoms with E-state index in [1.807, 2.05) is 26.0 Å². The van der Waals surface area contributed by atoms with Crippen LogP contribution in [0.3, 0.4) is 0 Å². The molecule has 1 aromatic heterocycles. The minimum absolute atomic E-state index is 0.560. The van der Waals surface area contributed by atoms with E-state index in [2.05, 4.69) is 10.3 Å². The molecule has 1 heterocycles. The highest BCUT2D eigenvalue weighted by Crippen LogP contribution is 2.13. The number of aryl methyl sites for hydroxylation is 2. The molecule has 24 heavy (non-hydrogen) atoms. The van der Waals surface area contributed by atoms with E-state index in [0.717, 1.165) is 17.0 Å². The Kier molecular flexibility index (Phi) is 5.99. The molecular weight excluding hydrogens is 322 g/mol. The number of amides is 1. The van der Waals surface area contributed by atoms with Crippen molar-refractivity contribution < 1.29 is 9.59 Å². The molecule has 0 radical (unpaired) electrons. The normalized spacial score (nSPS) is 11.9. The molecule has 1 aromatic carbocycles. The number of thiazole rings is 1. The molecule has 1 N–H and O–H groups in total. The van der Waals surface area contributed by atoms with Crippen LogP contribution in [0.15, 0.2) is 35.7 Å². The van der Waals surface area contributed by atoms with E-state index >= 15 is 0 Å². The number of hydrogen-bond donors (Lipinski definition) is 1. The van der Waals surface area contributed by atoms with Gasteiger partial charge in [-0.05, 0) is 43.2 Å². The number of anilines is 1. The standard InChI is InChI=1S/C18H17N3O2S/c1-3-13-4-6-14(7-5-13)21-18(23)16(10-19)17(22)9-8-15-11-24-12(2)20-15/h4-9,11,16H,3H2,1-2H3,(H,21,23)/b9-8+. The van der Waals surface area contributed by atoms with E-state index in [1.165, 1.54) is 23.5 Å². The van der Waals surface area contributed by atoms with Crippen LogP contribution in [0, 0.1) is 24.2 Å². The summed E-state index contributed by atoms with van der Waals surface area (Å²) in [4.78, 5) is 28.4. The predicted octanol–water partition coefficient (Wildman–Crippen LogP) is 3.37. The summed E-state index contributed by atoms with van der Waals surface area (Å²) < 4.78 is 0. The van der Waals surface area contributed by atoms with Gasteiger partial charge in [0.15, 0.2) is 11.7 Å². The summed E-state index contributed by atoms with van der Waals surface area (Å²) in [6.45, 7) is 3.90. The molecule has 0 aliphatic rings. The predicted molar refractivity (Wildman–Crippen MR) is 94.4 cm³/mol. The van der Waals surface area contributed by atoms with Crippen LogP contribution < -0.4 is 5.32 Å². The van der Waals surface area contributed by atoms with E-state index in [0.29, 0.717) is 11.4 Å². The van der Waals surface area contributed by atoms with Crippen molar-refractivity contribution in [3.63, 3.8) is 0 Å². The monoisotopic (exact) mass is 339 g/mol. The fourth-order valence-electron chi connectivity index (χ4n) is 2.01. The molecule has 2 rings (SSSR count). The lowest BCUT2D eigenvalue weighted by Crippen LogP contribution is -2.27. The van der Waals surface area contributed by atoms with Crippen molar-refractivity contribution in [3.8, 4) is 6.07 Å². The number of allylic oxidation sites excluding steroid dienone is 1. The number of nitrogens with one attached hydrogen (secondary N) is 1. The van der Waals surface area contributed by atoms with Gasteiger partial charge in [-0.1, -0.05) is 19.1 Å². The zero-order valence-corrected chi connectivity index (χ0v) is 14.3. The van der Waals surface area contributed by atoms with Crippen LogP contribution in [0.5, 0.6) is 0 Å². The Hall–Kier alpha value is -2.78. The van der Waals surface area contributed by atoms with Crippen molar-refractivity contribution in [1.82, 2.24) is 4.98 Å². The highest BCUT2D eigenvalue weighted by Gasteiger charge is 2.24. The number of aromatic nitrogens is 1. The smallest absolute Gasteiger partial charge is 0.249 e. The third-order valence-electron chi connectivity index (χ3n) is 3.36. The number of carbonyl (C=O) groups is 2. The second-order valence-corrected chi connectivity index (χ2v) is 6.19. The van der Waals surface area contributed by atoms with Gasteiger partial charge in [0.25, 0.3) is 0 Å². The molecule has 0 bridgehead atoms. The molecule has 0 spiro atoms. The number of rotatable bonds is 6. The molecule has 5 nitrogen and oxygen atoms in total. The van der Waals surface area contributed by atoms with Crippen LogP contribution in [-0.2, 0) is 16.0 Å². The summed E-state index contributed by atoms with van der Waals surface area (Å²) in [6.07, 6.45) is 3.63. The SMILES string of the molecule is CCc1ccc(NC(=O)C(C#N)C(=O)/C=C/c2csc(C)n2)cc1. The molecular formula is C18H17N3O2S. The maximum atomic E-state index is 12.2. The average Bonchev–Trinajstić information content (AvgIpc) is 3.00. The number of carbonyl (C=O) groups excluding carboxylic acids is 2. The summed E-state index contributed by atoms with van der Waals surface area (Å²) in [7, 11) is 0. The molecule has 2 aromatic rings. The van der Waals surface area contributed by atoms with Crippen molar-refractivity contribution in [3.05, 3.63) is 52.0 Å². The highest BCUT2D eigenvalue weighted by molar-refractivity contribution is 7.09. The van der Waals surface area contributed by atoms with Crippen LogP contribution >= 0.6 is 11.3 Å². The molecule has 6 heteroatoms. The molecule has 1 atom stereocenters. The molecule has 1 amide bonds. The summed E-state index contributed by atoms with van der Waals surface area (Å²) in [6, 6.07) is 9.05. The second kappa shape index (κ2) is 8.18. The molecule has 122 valence electrons. The van der Waals surface area contributed by atoms with Gasteiger partial charge in [-0.25, -0.2) is 4.98 Å². The van der Waals surface area contributed by atoms with Gasteiger partial charge in [0, 0.05) is 11.1 Å². The molecule has 0 aliphatic heterocycles. The summed E-state index contributed by atoms with van der Waals surface area (Å²) >= 11 is 1.46. The van der Waals surface area contributed by atoms with E-state index in [9.17, 15) is 9.59 Å². The van der Waals surface area contributed by atoms with E-state index < -0.39 is 17.6 Å². The van der Waals surface area contributed by atoms with Gasteiger partial charge >= 0.3 is 0 Å². The van der Waals surface area contributed by atoms with E-state index in [1.54, 1.807) is 23.6 Å². The van der Waals surface area contributed by atoms with Crippen LogP contribution in [0.2, 0.25) is 0 Å². The highest BCUT2D eigenvalue weighted by atomic mass is 32.1. The summed E-state index contributed by atoms with van der Waals surface area (Å²) in [5.41, 5.74) is 2.34. The van der Waals surface area contributed by atoms with Crippen LogP contribution in [0.1, 0.15) is 23.2 Å². The first-order valence-corrected chi connectivity index (χ1v) is 8.35. The molecule has 0 aliphatic carbocycles. The molecule has 1 unspecified atom stereocenters. The lowest BCUT2D eigenvalue weighted by molar-refractivity contribution is -0.126. The largest absolute Gasteiger partial charge is 0.325 e. The van der Waals surface area contributed by atoms with Crippen LogP contribution in [0.4, 0.5) is 5.69 Å². The lowest BCUT2D eigenvalue weighted by atomic mass is 10.0. The number of nitriles is 1. The van der Waals surface area contributed by atoms with E-state index in [4.69, 9.17) is 5.26 Å². The Bertz CT molecular complexity index is 800. The Balaban J connectivity index is 2.03. The number of nitrogens with zero attached hydrogens (tertiary/aromatic N) is 2. The Morgan fingerprint density at radius 3 is 2.62 bits per heavy atom. The topological polar surface area (TPSA) is 82.9 Å². The van der Waals surface area contributed by atoms with Crippen molar-refractivity contribution >= 4 is 34.8 Å². The van der Waals surface area contributed by atoms with Gasteiger partial charge in [0.1, 0.15) is 0 Å². The zero-order chi connectivity index (χ0) is 17.5. The fraction of sp³-hybridized carbons (Fsp3) is 0.222. The third-order valence-corrected chi connectivity index (χ3v) is 4.15. The quantitative estimate of drug-likeness (QED) is 0.646. The van der Waals surface area contributed by atoms with Gasteiger partial charge in [-0.15, -0.1) is 11.3 Å². The van der Waals surface area contributed by atoms with Crippen molar-refractivity contribution in [2.24, 2.45) is 5.92 Å². The number of ketones is 1. The first-order valence-electron chi connectivity index (χ1n) is 7.47. The third kappa shape index (κ3) is 4.61. The lowest BCUT2D eigenvalue weighted by Gasteiger charge is -2.08. The van der Waals surface area contributed by atoms with Gasteiger partial charge in [-0.2, -0.15) is 5.26 Å². The van der Waals surface area contributed by atoms with Crippen molar-refractivity contribution in [2.75, 3.05) is 5.32 Å². The van der Waals surface area contributed by atoms with Gasteiger partial charge in [0.05, 0.1) is 16.8 Å². The maximum absolute atomic E-state index is 12.2. The number of benzene rings is 1. The number of hydrogen-bond acceptors (Lipinski definition) is 5. The van der Waals surface area contributed by atoms with Crippen LogP contribution in [-0.4, -0.2) is 16.7 Å². The zero-order valence-electron chi connectivity index (χ0n) is 13.4. The van der Waals surface area contributed by atoms with Gasteiger partial charge in [0.2, 0.25) is 5.91 Å². The average molecular weight is 339 g/mol. The second-order valence-electron chi connectivity index (χ2n) is 5.13.